The van der Waals surface area contributed by atoms with E-state index >= 15 is 0 Å². The monoisotopic (exact) mass is 352 g/mol. The zero-order valence-corrected chi connectivity index (χ0v) is 16.0. The Morgan fingerprint density at radius 3 is 2.58 bits per heavy atom. The van der Waals surface area contributed by atoms with Gasteiger partial charge in [0.25, 0.3) is 0 Å². The molecule has 0 radical (unpaired) electrons. The largest absolute Gasteiger partial charge is 0.494 e. The lowest BCUT2D eigenvalue weighted by Crippen LogP contribution is -2.47. The molecule has 2 aromatic rings. The van der Waals surface area contributed by atoms with Gasteiger partial charge < -0.3 is 10.1 Å². The third kappa shape index (κ3) is 3.60. The molecule has 1 aliphatic carbocycles. The van der Waals surface area contributed by atoms with Crippen LogP contribution in [-0.2, 0) is 0 Å². The van der Waals surface area contributed by atoms with Crippen LogP contribution in [0.4, 0.5) is 0 Å². The molecule has 4 rings (SSSR count). The molecule has 1 saturated carbocycles. The first kappa shape index (κ1) is 17.8. The number of ether oxygens (including phenoxy) is 1. The lowest BCUT2D eigenvalue weighted by Gasteiger charge is -2.42. The van der Waals surface area contributed by atoms with Gasteiger partial charge in [-0.1, -0.05) is 49.6 Å². The van der Waals surface area contributed by atoms with E-state index in [4.69, 9.17) is 4.74 Å². The van der Waals surface area contributed by atoms with Gasteiger partial charge >= 0.3 is 0 Å². The highest BCUT2D eigenvalue weighted by Gasteiger charge is 2.34. The van der Waals surface area contributed by atoms with Crippen LogP contribution in [0.1, 0.15) is 50.6 Å². The van der Waals surface area contributed by atoms with E-state index in [9.17, 15) is 0 Å². The molecular weight excluding hydrogens is 320 g/mol. The maximum absolute atomic E-state index is 6.17. The first-order valence-electron chi connectivity index (χ1n) is 10.5. The average molecular weight is 353 g/mol. The van der Waals surface area contributed by atoms with Crippen LogP contribution < -0.4 is 10.1 Å². The molecule has 0 aromatic heterocycles. The Hall–Kier alpha value is -1.58. The van der Waals surface area contributed by atoms with Crippen molar-refractivity contribution >= 4 is 10.8 Å². The van der Waals surface area contributed by atoms with Crippen LogP contribution in [0.5, 0.6) is 5.75 Å². The standard InChI is InChI=1S/C23H32N2O/c1-2-26-21-13-12-18-8-6-7-11-20(18)22(21)23(19-9-4-3-5-10-19)25-16-14-24-15-17-25/h6-8,11-13,19,23-24H,2-5,9-10,14-17H2,1H3/t23-/m1/s1. The Bertz CT molecular complexity index is 699. The highest BCUT2D eigenvalue weighted by atomic mass is 16.5. The number of piperazine rings is 1. The third-order valence-electron chi connectivity index (χ3n) is 6.17. The van der Waals surface area contributed by atoms with Crippen LogP contribution in [-0.4, -0.2) is 37.7 Å². The molecule has 1 atom stereocenters. The first-order valence-corrected chi connectivity index (χ1v) is 10.5. The van der Waals surface area contributed by atoms with Gasteiger partial charge in [-0.2, -0.15) is 0 Å². The maximum atomic E-state index is 6.17. The Morgan fingerprint density at radius 1 is 1.04 bits per heavy atom. The molecule has 26 heavy (non-hydrogen) atoms. The van der Waals surface area contributed by atoms with Crippen LogP contribution in [0.2, 0.25) is 0 Å². The van der Waals surface area contributed by atoms with Crippen LogP contribution >= 0.6 is 0 Å². The van der Waals surface area contributed by atoms with Gasteiger partial charge in [0.2, 0.25) is 0 Å². The molecule has 3 heteroatoms. The van der Waals surface area contributed by atoms with Gasteiger partial charge in [0.1, 0.15) is 5.75 Å². The van der Waals surface area contributed by atoms with Crippen molar-refractivity contribution in [1.82, 2.24) is 10.2 Å². The number of rotatable bonds is 5. The number of hydrogen-bond acceptors (Lipinski definition) is 3. The number of benzene rings is 2. The van der Waals surface area contributed by atoms with Gasteiger partial charge in [0, 0.05) is 37.8 Å². The first-order chi connectivity index (χ1) is 12.9. The lowest BCUT2D eigenvalue weighted by molar-refractivity contribution is 0.102. The molecule has 1 N–H and O–H groups in total. The number of nitrogens with zero attached hydrogens (tertiary/aromatic N) is 1. The molecule has 2 aromatic carbocycles. The van der Waals surface area contributed by atoms with E-state index in [1.165, 1.54) is 48.4 Å². The van der Waals surface area contributed by atoms with Gasteiger partial charge in [0.05, 0.1) is 6.61 Å². The van der Waals surface area contributed by atoms with Crippen molar-refractivity contribution < 1.29 is 4.74 Å². The normalized spacial score (nSPS) is 21.0. The fourth-order valence-corrected chi connectivity index (χ4v) is 4.99. The number of nitrogens with one attached hydrogen (secondary N) is 1. The van der Waals surface area contributed by atoms with Crippen molar-refractivity contribution in [2.75, 3.05) is 32.8 Å². The van der Waals surface area contributed by atoms with Crippen LogP contribution in [0.3, 0.4) is 0 Å². The molecule has 3 nitrogen and oxygen atoms in total. The molecule has 0 unspecified atom stereocenters. The van der Waals surface area contributed by atoms with E-state index in [2.05, 4.69) is 53.5 Å². The van der Waals surface area contributed by atoms with E-state index in [1.54, 1.807) is 0 Å². The predicted molar refractivity (Wildman–Crippen MR) is 109 cm³/mol. The van der Waals surface area contributed by atoms with Crippen molar-refractivity contribution in [3.05, 3.63) is 42.0 Å². The summed E-state index contributed by atoms with van der Waals surface area (Å²) in [6, 6.07) is 13.8. The molecule has 0 bridgehead atoms. The molecule has 140 valence electrons. The molecule has 1 saturated heterocycles. The molecular formula is C23H32N2O. The third-order valence-corrected chi connectivity index (χ3v) is 6.17. The second-order valence-electron chi connectivity index (χ2n) is 7.76. The van der Waals surface area contributed by atoms with Crippen molar-refractivity contribution in [2.24, 2.45) is 5.92 Å². The Labute approximate surface area is 157 Å². The molecule has 0 amide bonds. The van der Waals surface area contributed by atoms with E-state index in [-0.39, 0.29) is 0 Å². The van der Waals surface area contributed by atoms with Crippen molar-refractivity contribution in [3.63, 3.8) is 0 Å². The SMILES string of the molecule is CCOc1ccc2ccccc2c1[C@@H](C1CCCCC1)N1CCNCC1. The zero-order valence-electron chi connectivity index (χ0n) is 16.0. The molecule has 2 fully saturated rings. The zero-order chi connectivity index (χ0) is 17.8. The topological polar surface area (TPSA) is 24.5 Å². The summed E-state index contributed by atoms with van der Waals surface area (Å²) in [5.41, 5.74) is 1.44. The van der Waals surface area contributed by atoms with Crippen LogP contribution in [0.25, 0.3) is 10.8 Å². The Morgan fingerprint density at radius 2 is 1.81 bits per heavy atom. The quantitative estimate of drug-likeness (QED) is 0.839. The van der Waals surface area contributed by atoms with Gasteiger partial charge in [-0.25, -0.2) is 0 Å². The van der Waals surface area contributed by atoms with E-state index in [0.29, 0.717) is 6.04 Å². The van der Waals surface area contributed by atoms with Gasteiger partial charge in [0.15, 0.2) is 0 Å². The molecule has 1 heterocycles. The highest BCUT2D eigenvalue weighted by molar-refractivity contribution is 5.88. The summed E-state index contributed by atoms with van der Waals surface area (Å²) in [6.45, 7) is 7.28. The second-order valence-corrected chi connectivity index (χ2v) is 7.76. The fourth-order valence-electron chi connectivity index (χ4n) is 4.99. The Kier molecular flexibility index (Phi) is 5.76. The fraction of sp³-hybridized carbons (Fsp3) is 0.565. The number of fused-ring (bicyclic) bond motifs is 1. The maximum Gasteiger partial charge on any atom is 0.124 e. The molecule has 0 spiro atoms. The summed E-state index contributed by atoms with van der Waals surface area (Å²) in [5, 5.41) is 6.25. The van der Waals surface area contributed by atoms with E-state index in [1.807, 2.05) is 0 Å². The summed E-state index contributed by atoms with van der Waals surface area (Å²) in [6.07, 6.45) is 6.86. The predicted octanol–water partition coefficient (Wildman–Crippen LogP) is 4.77. The molecule has 1 aliphatic heterocycles. The van der Waals surface area contributed by atoms with Gasteiger partial charge in [-0.3, -0.25) is 4.90 Å². The van der Waals surface area contributed by atoms with Crippen molar-refractivity contribution in [2.45, 2.75) is 45.1 Å². The highest BCUT2D eigenvalue weighted by Crippen LogP contribution is 2.44. The smallest absolute Gasteiger partial charge is 0.124 e. The minimum atomic E-state index is 0.477. The van der Waals surface area contributed by atoms with Gasteiger partial charge in [-0.05, 0) is 42.5 Å². The average Bonchev–Trinajstić information content (AvgIpc) is 2.71. The number of hydrogen-bond donors (Lipinski definition) is 1. The van der Waals surface area contributed by atoms with Crippen molar-refractivity contribution in [1.29, 1.82) is 0 Å². The van der Waals surface area contributed by atoms with Crippen LogP contribution in [0, 0.1) is 5.92 Å². The summed E-state index contributed by atoms with van der Waals surface area (Å²) < 4.78 is 6.17. The second kappa shape index (κ2) is 8.41. The summed E-state index contributed by atoms with van der Waals surface area (Å²) >= 11 is 0. The Balaban J connectivity index is 1.83. The van der Waals surface area contributed by atoms with E-state index < -0.39 is 0 Å². The van der Waals surface area contributed by atoms with Gasteiger partial charge in [-0.15, -0.1) is 0 Å². The lowest BCUT2D eigenvalue weighted by atomic mass is 9.78. The van der Waals surface area contributed by atoms with Crippen LogP contribution in [0.15, 0.2) is 36.4 Å². The van der Waals surface area contributed by atoms with E-state index in [0.717, 1.165) is 44.5 Å². The minimum Gasteiger partial charge on any atom is -0.494 e. The summed E-state index contributed by atoms with van der Waals surface area (Å²) in [5.74, 6) is 1.84. The summed E-state index contributed by atoms with van der Waals surface area (Å²) in [7, 11) is 0. The van der Waals surface area contributed by atoms with Crippen molar-refractivity contribution in [3.8, 4) is 5.75 Å². The summed E-state index contributed by atoms with van der Waals surface area (Å²) in [4.78, 5) is 2.73. The molecule has 2 aliphatic rings. The minimum absolute atomic E-state index is 0.477.